The van der Waals surface area contributed by atoms with Crippen molar-refractivity contribution in [3.8, 4) is 0 Å². The second kappa shape index (κ2) is 7.45. The van der Waals surface area contributed by atoms with Crippen molar-refractivity contribution >= 4 is 11.7 Å². The highest BCUT2D eigenvalue weighted by atomic mass is 16.3. The summed E-state index contributed by atoms with van der Waals surface area (Å²) in [5.41, 5.74) is 3.26. The maximum atomic E-state index is 12.8. The number of carbonyl (C=O) groups excluding carboxylic acids is 1. The Labute approximate surface area is 142 Å². The number of amides is 1. The van der Waals surface area contributed by atoms with Gasteiger partial charge in [0.2, 0.25) is 0 Å². The highest BCUT2D eigenvalue weighted by molar-refractivity contribution is 5.99. The van der Waals surface area contributed by atoms with Gasteiger partial charge in [-0.1, -0.05) is 24.3 Å². The van der Waals surface area contributed by atoms with E-state index >= 15 is 0 Å². The lowest BCUT2D eigenvalue weighted by atomic mass is 9.99. The third-order valence-electron chi connectivity index (χ3n) is 4.49. The molecular weight excluding hydrogens is 302 g/mol. The third-order valence-corrected chi connectivity index (χ3v) is 4.49. The van der Waals surface area contributed by atoms with Crippen LogP contribution < -0.4 is 4.90 Å². The Kier molecular flexibility index (Phi) is 5.11. The van der Waals surface area contributed by atoms with E-state index in [1.807, 2.05) is 19.1 Å². The van der Waals surface area contributed by atoms with Crippen molar-refractivity contribution in [1.29, 1.82) is 0 Å². The average Bonchev–Trinajstić information content (AvgIpc) is 2.65. The molecule has 0 saturated carbocycles. The van der Waals surface area contributed by atoms with E-state index < -0.39 is 0 Å². The molecule has 5 heteroatoms. The quantitative estimate of drug-likeness (QED) is 0.915. The van der Waals surface area contributed by atoms with Gasteiger partial charge in [-0.05, 0) is 36.6 Å². The number of nitrogens with zero attached hydrogens (tertiary/aromatic N) is 3. The molecule has 0 radical (unpaired) electrons. The number of carbonyl (C=O) groups is 1. The molecule has 1 aliphatic heterocycles. The molecule has 1 aromatic carbocycles. The first-order valence-corrected chi connectivity index (χ1v) is 8.41. The minimum absolute atomic E-state index is 0.0355. The van der Waals surface area contributed by atoms with Crippen molar-refractivity contribution < 1.29 is 9.90 Å². The van der Waals surface area contributed by atoms with Crippen molar-refractivity contribution in [2.24, 2.45) is 0 Å². The lowest BCUT2D eigenvalue weighted by Gasteiger charge is -2.31. The smallest absolute Gasteiger partial charge is 0.257 e. The largest absolute Gasteiger partial charge is 0.395 e. The summed E-state index contributed by atoms with van der Waals surface area (Å²) in [6, 6.07) is 12.0. The number of anilines is 1. The summed E-state index contributed by atoms with van der Waals surface area (Å²) in [6.45, 7) is 4.40. The molecule has 0 fully saturated rings. The number of hydrogen-bond acceptors (Lipinski definition) is 4. The minimum atomic E-state index is -0.0755. The van der Waals surface area contributed by atoms with Crippen LogP contribution in [0.2, 0.25) is 0 Å². The van der Waals surface area contributed by atoms with E-state index in [4.69, 9.17) is 0 Å². The number of rotatable bonds is 5. The molecule has 0 saturated heterocycles. The Bertz CT molecular complexity index is 717. The van der Waals surface area contributed by atoms with Crippen molar-refractivity contribution in [2.75, 3.05) is 31.1 Å². The molecule has 126 valence electrons. The van der Waals surface area contributed by atoms with E-state index in [1.165, 1.54) is 11.1 Å². The van der Waals surface area contributed by atoms with Crippen LogP contribution in [0.3, 0.4) is 0 Å². The highest BCUT2D eigenvalue weighted by Crippen LogP contribution is 2.26. The van der Waals surface area contributed by atoms with Crippen LogP contribution >= 0.6 is 0 Å². The Hall–Kier alpha value is -2.40. The number of aliphatic hydroxyl groups excluding tert-OH is 1. The van der Waals surface area contributed by atoms with Gasteiger partial charge in [-0.15, -0.1) is 0 Å². The first-order chi connectivity index (χ1) is 11.7. The number of aromatic nitrogens is 1. The highest BCUT2D eigenvalue weighted by Gasteiger charge is 2.24. The van der Waals surface area contributed by atoms with Gasteiger partial charge in [0, 0.05) is 32.4 Å². The molecule has 2 heterocycles. The van der Waals surface area contributed by atoms with Crippen LogP contribution in [0.25, 0.3) is 0 Å². The maximum absolute atomic E-state index is 12.8. The van der Waals surface area contributed by atoms with Gasteiger partial charge in [0.1, 0.15) is 5.82 Å². The van der Waals surface area contributed by atoms with E-state index in [9.17, 15) is 9.90 Å². The van der Waals surface area contributed by atoms with Gasteiger partial charge in [-0.2, -0.15) is 0 Å². The summed E-state index contributed by atoms with van der Waals surface area (Å²) >= 11 is 0. The summed E-state index contributed by atoms with van der Waals surface area (Å²) in [6.07, 6.45) is 2.68. The Morgan fingerprint density at radius 3 is 2.79 bits per heavy atom. The van der Waals surface area contributed by atoms with Crippen LogP contribution in [0.1, 0.15) is 28.4 Å². The summed E-state index contributed by atoms with van der Waals surface area (Å²) in [5.74, 6) is 0.655. The SMILES string of the molecule is CCN(CCO)C(=O)c1cccnc1N1CCc2ccccc2C1. The summed E-state index contributed by atoms with van der Waals surface area (Å²) in [4.78, 5) is 21.1. The van der Waals surface area contributed by atoms with Crippen LogP contribution in [0.5, 0.6) is 0 Å². The maximum Gasteiger partial charge on any atom is 0.257 e. The summed E-state index contributed by atoms with van der Waals surface area (Å²) < 4.78 is 0. The summed E-state index contributed by atoms with van der Waals surface area (Å²) in [5, 5.41) is 9.17. The normalized spacial score (nSPS) is 13.5. The predicted octanol–water partition coefficient (Wildman–Crippen LogP) is 2.10. The monoisotopic (exact) mass is 325 g/mol. The van der Waals surface area contributed by atoms with E-state index in [0.29, 0.717) is 18.7 Å². The van der Waals surface area contributed by atoms with E-state index in [2.05, 4.69) is 28.1 Å². The number of fused-ring (bicyclic) bond motifs is 1. The first-order valence-electron chi connectivity index (χ1n) is 8.41. The van der Waals surface area contributed by atoms with Gasteiger partial charge in [0.15, 0.2) is 0 Å². The molecule has 1 N–H and O–H groups in total. The molecule has 1 aliphatic rings. The standard InChI is InChI=1S/C19H23N3O2/c1-2-21(12-13-23)19(24)17-8-5-10-20-18(17)22-11-9-15-6-3-4-7-16(15)14-22/h3-8,10,23H,2,9,11-14H2,1H3. The Balaban J connectivity index is 1.89. The molecule has 1 aromatic heterocycles. The second-order valence-electron chi connectivity index (χ2n) is 5.92. The first kappa shape index (κ1) is 16.5. The fourth-order valence-corrected chi connectivity index (χ4v) is 3.19. The van der Waals surface area contributed by atoms with Gasteiger partial charge >= 0.3 is 0 Å². The van der Waals surface area contributed by atoms with E-state index in [0.717, 1.165) is 25.3 Å². The topological polar surface area (TPSA) is 56.7 Å². The zero-order valence-corrected chi connectivity index (χ0v) is 14.0. The molecular formula is C19H23N3O2. The molecule has 1 amide bonds. The fourth-order valence-electron chi connectivity index (χ4n) is 3.19. The molecule has 2 aromatic rings. The van der Waals surface area contributed by atoms with Gasteiger partial charge in [0.25, 0.3) is 5.91 Å². The summed E-state index contributed by atoms with van der Waals surface area (Å²) in [7, 11) is 0. The van der Waals surface area contributed by atoms with Gasteiger partial charge in [0.05, 0.1) is 12.2 Å². The van der Waals surface area contributed by atoms with Gasteiger partial charge in [-0.3, -0.25) is 4.79 Å². The molecule has 0 unspecified atom stereocenters. The van der Waals surface area contributed by atoms with Crippen molar-refractivity contribution in [3.63, 3.8) is 0 Å². The molecule has 0 bridgehead atoms. The van der Waals surface area contributed by atoms with Crippen molar-refractivity contribution in [2.45, 2.75) is 19.9 Å². The molecule has 0 spiro atoms. The van der Waals surface area contributed by atoms with E-state index in [-0.39, 0.29) is 12.5 Å². The molecule has 3 rings (SSSR count). The second-order valence-corrected chi connectivity index (χ2v) is 5.92. The molecule has 0 aliphatic carbocycles. The van der Waals surface area contributed by atoms with Crippen molar-refractivity contribution in [1.82, 2.24) is 9.88 Å². The average molecular weight is 325 g/mol. The third kappa shape index (κ3) is 3.26. The van der Waals surface area contributed by atoms with Gasteiger partial charge in [-0.25, -0.2) is 4.98 Å². The van der Waals surface area contributed by atoms with Gasteiger partial charge < -0.3 is 14.9 Å². The lowest BCUT2D eigenvalue weighted by molar-refractivity contribution is 0.0732. The minimum Gasteiger partial charge on any atom is -0.395 e. The predicted molar refractivity (Wildman–Crippen MR) is 94.1 cm³/mol. The van der Waals surface area contributed by atoms with Crippen LogP contribution in [0, 0.1) is 0 Å². The molecule has 5 nitrogen and oxygen atoms in total. The number of hydrogen-bond donors (Lipinski definition) is 1. The fraction of sp³-hybridized carbons (Fsp3) is 0.368. The molecule has 24 heavy (non-hydrogen) atoms. The van der Waals surface area contributed by atoms with E-state index in [1.54, 1.807) is 17.2 Å². The van der Waals surface area contributed by atoms with Crippen molar-refractivity contribution in [3.05, 3.63) is 59.3 Å². The number of pyridine rings is 1. The molecule has 0 atom stereocenters. The van der Waals surface area contributed by atoms with Crippen LogP contribution in [-0.2, 0) is 13.0 Å². The number of likely N-dealkylation sites (N-methyl/N-ethyl adjacent to an activating group) is 1. The Morgan fingerprint density at radius 2 is 2.04 bits per heavy atom. The lowest BCUT2D eigenvalue weighted by Crippen LogP contribution is -2.37. The Morgan fingerprint density at radius 1 is 1.25 bits per heavy atom. The van der Waals surface area contributed by atoms with Crippen LogP contribution in [0.4, 0.5) is 5.82 Å². The zero-order chi connectivity index (χ0) is 16.9. The van der Waals surface area contributed by atoms with Crippen LogP contribution in [0.15, 0.2) is 42.6 Å². The number of benzene rings is 1. The number of aliphatic hydroxyl groups is 1. The van der Waals surface area contributed by atoms with Crippen LogP contribution in [-0.4, -0.2) is 47.1 Å². The zero-order valence-electron chi connectivity index (χ0n) is 14.0.